The first-order valence-electron chi connectivity index (χ1n) is 3.78. The first kappa shape index (κ1) is 8.58. The molecule has 1 saturated heterocycles. The van der Waals surface area contributed by atoms with Crippen molar-refractivity contribution < 1.29 is 14.7 Å². The van der Waals surface area contributed by atoms with E-state index in [0.29, 0.717) is 6.42 Å². The Morgan fingerprint density at radius 3 is 3.00 bits per heavy atom. The summed E-state index contributed by atoms with van der Waals surface area (Å²) in [5.74, 6) is -1.23. The Hall–Kier alpha value is -1.01. The number of hydrogen-bond acceptors (Lipinski definition) is 4. The highest BCUT2D eigenvalue weighted by Gasteiger charge is 2.44. The van der Waals surface area contributed by atoms with Crippen LogP contribution in [0.3, 0.4) is 0 Å². The van der Waals surface area contributed by atoms with Crippen LogP contribution in [0.4, 0.5) is 0 Å². The lowest BCUT2D eigenvalue weighted by atomic mass is 10.1. The van der Waals surface area contributed by atoms with Crippen molar-refractivity contribution in [2.75, 3.05) is 0 Å². The van der Waals surface area contributed by atoms with Crippen LogP contribution in [0.15, 0.2) is 11.8 Å². The van der Waals surface area contributed by atoms with E-state index in [0.717, 1.165) is 0 Å². The van der Waals surface area contributed by atoms with Crippen molar-refractivity contribution in [1.29, 1.82) is 0 Å². The molecule has 0 saturated carbocycles. The fourth-order valence-electron chi connectivity index (χ4n) is 1.42. The summed E-state index contributed by atoms with van der Waals surface area (Å²) in [5, 5.41) is 8.38. The highest BCUT2D eigenvalue weighted by molar-refractivity contribution is 8.00. The number of thioether (sulfide) groups is 1. The summed E-state index contributed by atoms with van der Waals surface area (Å²) in [5.41, 5.74) is 5.60. The number of hydrogen-bond donors (Lipinski definition) is 2. The number of nitrogens with two attached hydrogens (primary N) is 1. The molecule has 6 heteroatoms. The SMILES string of the molecule is NC1C=C(C(=O)O)N2C(=O)C[C@H]2S1. The van der Waals surface area contributed by atoms with E-state index in [-0.39, 0.29) is 22.4 Å². The van der Waals surface area contributed by atoms with Gasteiger partial charge in [-0.15, -0.1) is 11.8 Å². The molecule has 0 spiro atoms. The molecule has 2 atom stereocenters. The minimum atomic E-state index is -1.09. The van der Waals surface area contributed by atoms with Crippen molar-refractivity contribution in [3.63, 3.8) is 0 Å². The Labute approximate surface area is 78.6 Å². The van der Waals surface area contributed by atoms with Crippen LogP contribution in [-0.4, -0.2) is 32.6 Å². The summed E-state index contributed by atoms with van der Waals surface area (Å²) < 4.78 is 0. The lowest BCUT2D eigenvalue weighted by Gasteiger charge is -2.43. The molecule has 1 fully saturated rings. The van der Waals surface area contributed by atoms with E-state index in [1.165, 1.54) is 22.7 Å². The molecule has 0 aliphatic carbocycles. The number of carboxylic acid groups (broad SMARTS) is 1. The molecular weight excluding hydrogens is 192 g/mol. The van der Waals surface area contributed by atoms with Gasteiger partial charge in [-0.1, -0.05) is 0 Å². The molecule has 0 bridgehead atoms. The minimum Gasteiger partial charge on any atom is -0.477 e. The zero-order valence-corrected chi connectivity index (χ0v) is 7.45. The van der Waals surface area contributed by atoms with E-state index in [1.54, 1.807) is 0 Å². The molecule has 0 radical (unpaired) electrons. The molecule has 5 nitrogen and oxygen atoms in total. The monoisotopic (exact) mass is 200 g/mol. The molecule has 0 aromatic carbocycles. The van der Waals surface area contributed by atoms with E-state index >= 15 is 0 Å². The molecule has 1 amide bonds. The predicted molar refractivity (Wildman–Crippen MR) is 46.5 cm³/mol. The largest absolute Gasteiger partial charge is 0.477 e. The normalized spacial score (nSPS) is 31.9. The van der Waals surface area contributed by atoms with Crippen LogP contribution in [0.1, 0.15) is 6.42 Å². The topological polar surface area (TPSA) is 83.6 Å². The van der Waals surface area contributed by atoms with E-state index < -0.39 is 5.97 Å². The number of rotatable bonds is 1. The lowest BCUT2D eigenvalue weighted by Crippen LogP contribution is -2.54. The zero-order chi connectivity index (χ0) is 9.59. The number of carboxylic acids is 1. The maximum absolute atomic E-state index is 11.1. The molecule has 0 aromatic heterocycles. The van der Waals surface area contributed by atoms with Gasteiger partial charge in [0.15, 0.2) is 0 Å². The lowest BCUT2D eigenvalue weighted by molar-refractivity contribution is -0.146. The number of amides is 1. The minimum absolute atomic E-state index is 0.0208. The fraction of sp³-hybridized carbons (Fsp3) is 0.429. The Balaban J connectivity index is 2.30. The standard InChI is InChI=1S/C7H8N2O3S/c8-4-1-3(7(11)12)9-5(10)2-6(9)13-4/h1,4,6H,2,8H2,(H,11,12)/t4?,6-/m1/s1. The smallest absolute Gasteiger partial charge is 0.352 e. The van der Waals surface area contributed by atoms with Crippen molar-refractivity contribution in [3.05, 3.63) is 11.8 Å². The molecule has 3 N–H and O–H groups in total. The van der Waals surface area contributed by atoms with E-state index in [1.807, 2.05) is 0 Å². The summed E-state index contributed by atoms with van der Waals surface area (Å²) in [6.07, 6.45) is 1.80. The zero-order valence-electron chi connectivity index (χ0n) is 6.64. The number of nitrogens with zero attached hydrogens (tertiary/aromatic N) is 1. The van der Waals surface area contributed by atoms with Gasteiger partial charge in [-0.25, -0.2) is 4.79 Å². The van der Waals surface area contributed by atoms with Gasteiger partial charge in [0, 0.05) is 0 Å². The molecule has 2 heterocycles. The second kappa shape index (κ2) is 2.74. The molecular formula is C7H8N2O3S. The van der Waals surface area contributed by atoms with Gasteiger partial charge in [0.05, 0.1) is 17.2 Å². The van der Waals surface area contributed by atoms with Gasteiger partial charge >= 0.3 is 5.97 Å². The third kappa shape index (κ3) is 1.22. The Bertz CT molecular complexity index is 315. The summed E-state index contributed by atoms with van der Waals surface area (Å²) in [4.78, 5) is 23.1. The third-order valence-corrected chi connectivity index (χ3v) is 3.16. The molecule has 13 heavy (non-hydrogen) atoms. The van der Waals surface area contributed by atoms with Gasteiger partial charge in [0.1, 0.15) is 5.70 Å². The van der Waals surface area contributed by atoms with Gasteiger partial charge in [0.25, 0.3) is 0 Å². The summed E-state index contributed by atoms with van der Waals surface area (Å²) in [6, 6.07) is 0. The fourth-order valence-corrected chi connectivity index (χ4v) is 2.58. The number of carbonyl (C=O) groups excluding carboxylic acids is 1. The predicted octanol–water partition coefficient (Wildman–Crippen LogP) is -0.455. The quantitative estimate of drug-likeness (QED) is 0.560. The van der Waals surface area contributed by atoms with Crippen molar-refractivity contribution >= 4 is 23.6 Å². The summed E-state index contributed by atoms with van der Waals surface area (Å²) in [7, 11) is 0. The van der Waals surface area contributed by atoms with Gasteiger partial charge in [-0.3, -0.25) is 9.69 Å². The maximum atomic E-state index is 11.1. The van der Waals surface area contributed by atoms with Crippen molar-refractivity contribution in [3.8, 4) is 0 Å². The van der Waals surface area contributed by atoms with Crippen LogP contribution in [0.5, 0.6) is 0 Å². The summed E-state index contributed by atoms with van der Waals surface area (Å²) >= 11 is 1.40. The molecule has 70 valence electrons. The Morgan fingerprint density at radius 2 is 2.46 bits per heavy atom. The highest BCUT2D eigenvalue weighted by Crippen LogP contribution is 2.38. The first-order chi connectivity index (χ1) is 6.09. The van der Waals surface area contributed by atoms with E-state index in [9.17, 15) is 9.59 Å². The van der Waals surface area contributed by atoms with E-state index in [4.69, 9.17) is 10.8 Å². The molecule has 1 unspecified atom stereocenters. The Morgan fingerprint density at radius 1 is 1.77 bits per heavy atom. The second-order valence-corrected chi connectivity index (χ2v) is 4.24. The molecule has 0 aromatic rings. The van der Waals surface area contributed by atoms with Crippen molar-refractivity contribution in [2.24, 2.45) is 5.73 Å². The summed E-state index contributed by atoms with van der Waals surface area (Å²) in [6.45, 7) is 0. The first-order valence-corrected chi connectivity index (χ1v) is 4.72. The highest BCUT2D eigenvalue weighted by atomic mass is 32.2. The van der Waals surface area contributed by atoms with Crippen LogP contribution in [0.2, 0.25) is 0 Å². The van der Waals surface area contributed by atoms with Gasteiger partial charge in [0.2, 0.25) is 5.91 Å². The number of carbonyl (C=O) groups is 2. The third-order valence-electron chi connectivity index (χ3n) is 2.02. The Kier molecular flexibility index (Phi) is 1.81. The molecule has 2 aliphatic heterocycles. The van der Waals surface area contributed by atoms with Crippen molar-refractivity contribution in [2.45, 2.75) is 17.2 Å². The van der Waals surface area contributed by atoms with Crippen LogP contribution < -0.4 is 5.73 Å². The van der Waals surface area contributed by atoms with Crippen LogP contribution in [-0.2, 0) is 9.59 Å². The van der Waals surface area contributed by atoms with Gasteiger partial charge in [-0.05, 0) is 6.08 Å². The number of aliphatic carboxylic acids is 1. The average molecular weight is 200 g/mol. The molecule has 2 aliphatic rings. The maximum Gasteiger partial charge on any atom is 0.352 e. The van der Waals surface area contributed by atoms with Crippen molar-refractivity contribution in [1.82, 2.24) is 4.90 Å². The van der Waals surface area contributed by atoms with E-state index in [2.05, 4.69) is 0 Å². The van der Waals surface area contributed by atoms with Crippen LogP contribution in [0, 0.1) is 0 Å². The number of fused-ring (bicyclic) bond motifs is 1. The number of β-lactam (4-membered cyclic amide) rings is 1. The second-order valence-electron chi connectivity index (χ2n) is 2.88. The average Bonchev–Trinajstić information content (AvgIpc) is 2.01. The van der Waals surface area contributed by atoms with Gasteiger partial charge in [-0.2, -0.15) is 0 Å². The van der Waals surface area contributed by atoms with Gasteiger partial charge < -0.3 is 10.8 Å². The van der Waals surface area contributed by atoms with Crippen LogP contribution >= 0.6 is 11.8 Å². The van der Waals surface area contributed by atoms with Crippen LogP contribution in [0.25, 0.3) is 0 Å². The molecule has 2 rings (SSSR count).